The summed E-state index contributed by atoms with van der Waals surface area (Å²) in [6.07, 6.45) is 7.43. The third kappa shape index (κ3) is 6.21. The summed E-state index contributed by atoms with van der Waals surface area (Å²) >= 11 is 3.38. The van der Waals surface area contributed by atoms with Crippen LogP contribution in [0.2, 0.25) is 0 Å². The van der Waals surface area contributed by atoms with Crippen molar-refractivity contribution in [3.05, 3.63) is 77.3 Å². The molecule has 0 unspecified atom stereocenters. The molecular formula is C24H27BrN2O3. The third-order valence-electron chi connectivity index (χ3n) is 4.78. The highest BCUT2D eigenvalue weighted by molar-refractivity contribution is 9.10. The molecule has 0 spiro atoms. The van der Waals surface area contributed by atoms with Crippen LogP contribution in [0.15, 0.2) is 71.7 Å². The highest BCUT2D eigenvalue weighted by Gasteiger charge is 2.24. The molecule has 0 fully saturated rings. The lowest BCUT2D eigenvalue weighted by Crippen LogP contribution is -2.37. The lowest BCUT2D eigenvalue weighted by atomic mass is 10.0. The van der Waals surface area contributed by atoms with E-state index in [9.17, 15) is 4.79 Å². The molecule has 0 aromatic heterocycles. The second kappa shape index (κ2) is 11.0. The average molecular weight is 471 g/mol. The van der Waals surface area contributed by atoms with E-state index in [-0.39, 0.29) is 6.09 Å². The summed E-state index contributed by atoms with van der Waals surface area (Å²) in [7, 11) is 2.05. The van der Waals surface area contributed by atoms with E-state index in [0.717, 1.165) is 47.4 Å². The molecule has 2 aromatic rings. The number of aryl methyl sites for hydroxylation is 1. The van der Waals surface area contributed by atoms with Crippen LogP contribution in [-0.4, -0.2) is 44.3 Å². The van der Waals surface area contributed by atoms with Crippen LogP contribution in [0.1, 0.15) is 12.0 Å². The van der Waals surface area contributed by atoms with Crippen LogP contribution in [0.25, 0.3) is 0 Å². The van der Waals surface area contributed by atoms with Gasteiger partial charge in [-0.3, -0.25) is 9.80 Å². The number of carbonyl (C=O) groups is 1. The van der Waals surface area contributed by atoms with Gasteiger partial charge in [0.25, 0.3) is 0 Å². The average Bonchev–Trinajstić information content (AvgIpc) is 2.74. The summed E-state index contributed by atoms with van der Waals surface area (Å²) in [6, 6.07) is 13.1. The highest BCUT2D eigenvalue weighted by Crippen LogP contribution is 2.31. The van der Waals surface area contributed by atoms with E-state index in [1.807, 2.05) is 49.5 Å². The Labute approximate surface area is 186 Å². The maximum atomic E-state index is 12.7. The molecule has 0 atom stereocenters. The number of rotatable bonds is 8. The smallest absolute Gasteiger partial charge is 0.419 e. The van der Waals surface area contributed by atoms with Gasteiger partial charge in [0, 0.05) is 24.1 Å². The Kier molecular flexibility index (Phi) is 8.11. The van der Waals surface area contributed by atoms with Gasteiger partial charge in [0.05, 0.1) is 5.69 Å². The highest BCUT2D eigenvalue weighted by atomic mass is 79.9. The van der Waals surface area contributed by atoms with Crippen LogP contribution >= 0.6 is 15.9 Å². The first-order valence-electron chi connectivity index (χ1n) is 10.0. The first-order chi connectivity index (χ1) is 14.6. The van der Waals surface area contributed by atoms with Crippen LogP contribution < -0.4 is 14.4 Å². The Balaban J connectivity index is 1.58. The molecule has 1 aliphatic heterocycles. The zero-order chi connectivity index (χ0) is 21.3. The van der Waals surface area contributed by atoms with Crippen LogP contribution in [0.3, 0.4) is 0 Å². The summed E-state index contributed by atoms with van der Waals surface area (Å²) < 4.78 is 12.3. The van der Waals surface area contributed by atoms with E-state index in [4.69, 9.17) is 9.47 Å². The minimum absolute atomic E-state index is 0.362. The molecule has 5 nitrogen and oxygen atoms in total. The van der Waals surface area contributed by atoms with Gasteiger partial charge in [-0.2, -0.15) is 0 Å². The maximum absolute atomic E-state index is 12.7. The van der Waals surface area contributed by atoms with Gasteiger partial charge in [-0.05, 0) is 67.9 Å². The van der Waals surface area contributed by atoms with Crippen LogP contribution in [-0.2, 0) is 6.42 Å². The molecule has 0 radical (unpaired) electrons. The molecule has 0 saturated carbocycles. The van der Waals surface area contributed by atoms with Crippen molar-refractivity contribution in [2.45, 2.75) is 12.8 Å². The second-order valence-electron chi connectivity index (χ2n) is 7.16. The number of hydrogen-bond donors (Lipinski definition) is 0. The Morgan fingerprint density at radius 1 is 1.17 bits per heavy atom. The number of ether oxygens (including phenoxy) is 2. The fourth-order valence-corrected chi connectivity index (χ4v) is 3.54. The van der Waals surface area contributed by atoms with E-state index in [2.05, 4.69) is 33.5 Å². The van der Waals surface area contributed by atoms with Gasteiger partial charge in [-0.1, -0.05) is 34.2 Å². The molecular weight excluding hydrogens is 444 g/mol. The Hall–Kier alpha value is -2.57. The van der Waals surface area contributed by atoms with E-state index < -0.39 is 0 Å². The topological polar surface area (TPSA) is 42.0 Å². The molecule has 0 bridgehead atoms. The van der Waals surface area contributed by atoms with E-state index in [0.29, 0.717) is 18.9 Å². The number of fused-ring (bicyclic) bond motifs is 1. The van der Waals surface area contributed by atoms with Crippen molar-refractivity contribution in [1.29, 1.82) is 0 Å². The van der Waals surface area contributed by atoms with Crippen LogP contribution in [0.4, 0.5) is 10.5 Å². The first kappa shape index (κ1) is 22.1. The first-order valence-corrected chi connectivity index (χ1v) is 10.8. The zero-order valence-electron chi connectivity index (χ0n) is 17.2. The third-order valence-corrected chi connectivity index (χ3v) is 5.31. The molecule has 0 N–H and O–H groups in total. The Morgan fingerprint density at radius 3 is 2.70 bits per heavy atom. The minimum Gasteiger partial charge on any atom is -0.490 e. The van der Waals surface area contributed by atoms with Gasteiger partial charge >= 0.3 is 6.09 Å². The normalized spacial score (nSPS) is 13.4. The monoisotopic (exact) mass is 470 g/mol. The summed E-state index contributed by atoms with van der Waals surface area (Å²) in [5.74, 6) is 1.33. The van der Waals surface area contributed by atoms with Gasteiger partial charge in [-0.15, -0.1) is 6.58 Å². The predicted molar refractivity (Wildman–Crippen MR) is 125 cm³/mol. The van der Waals surface area contributed by atoms with E-state index in [1.54, 1.807) is 17.0 Å². The number of amides is 1. The van der Waals surface area contributed by atoms with Crippen molar-refractivity contribution >= 4 is 27.7 Å². The molecule has 2 aromatic carbocycles. The Bertz CT molecular complexity index is 896. The van der Waals surface area contributed by atoms with Crippen LogP contribution in [0, 0.1) is 0 Å². The van der Waals surface area contributed by atoms with Gasteiger partial charge in [0.2, 0.25) is 0 Å². The van der Waals surface area contributed by atoms with Crippen LogP contribution in [0.5, 0.6) is 11.5 Å². The van der Waals surface area contributed by atoms with Crippen molar-refractivity contribution in [2.24, 2.45) is 0 Å². The molecule has 1 heterocycles. The minimum atomic E-state index is -0.362. The molecule has 30 heavy (non-hydrogen) atoms. The van der Waals surface area contributed by atoms with Crippen molar-refractivity contribution in [2.75, 3.05) is 38.2 Å². The number of likely N-dealkylation sites (N-methyl/N-ethyl adjacent to an activating group) is 1. The van der Waals surface area contributed by atoms with Gasteiger partial charge < -0.3 is 9.47 Å². The standard InChI is InChI=1S/C24H27BrN2O3/c1-3-14-26(2)15-4-5-17-29-22-12-13-23-19(18-22)7-6-16-27(23)24(28)30-21-10-8-20(25)9-11-21/h3-5,8-13,18H,1,6-7,14-17H2,2H3/b5-4+. The summed E-state index contributed by atoms with van der Waals surface area (Å²) in [4.78, 5) is 16.5. The maximum Gasteiger partial charge on any atom is 0.419 e. The van der Waals surface area contributed by atoms with Crippen molar-refractivity contribution in [1.82, 2.24) is 4.90 Å². The lowest BCUT2D eigenvalue weighted by Gasteiger charge is -2.29. The Morgan fingerprint density at radius 2 is 1.93 bits per heavy atom. The van der Waals surface area contributed by atoms with Gasteiger partial charge in [0.15, 0.2) is 0 Å². The number of carbonyl (C=O) groups excluding carboxylic acids is 1. The number of anilines is 1. The molecule has 0 aliphatic carbocycles. The molecule has 6 heteroatoms. The largest absolute Gasteiger partial charge is 0.490 e. The van der Waals surface area contributed by atoms with Crippen molar-refractivity contribution in [3.63, 3.8) is 0 Å². The predicted octanol–water partition coefficient (Wildman–Crippen LogP) is 5.45. The number of nitrogens with zero attached hydrogens (tertiary/aromatic N) is 2. The number of halogens is 1. The fourth-order valence-electron chi connectivity index (χ4n) is 3.27. The van der Waals surface area contributed by atoms with Crippen molar-refractivity contribution in [3.8, 4) is 11.5 Å². The van der Waals surface area contributed by atoms with E-state index >= 15 is 0 Å². The SMILES string of the molecule is C=CCN(C)C/C=C/COc1ccc2c(c1)CCCN2C(=O)Oc1ccc(Br)cc1. The quantitative estimate of drug-likeness (QED) is 0.480. The van der Waals surface area contributed by atoms with Crippen molar-refractivity contribution < 1.29 is 14.3 Å². The number of hydrogen-bond acceptors (Lipinski definition) is 4. The fraction of sp³-hybridized carbons (Fsp3) is 0.292. The summed E-state index contributed by atoms with van der Waals surface area (Å²) in [5.41, 5.74) is 1.98. The zero-order valence-corrected chi connectivity index (χ0v) is 18.8. The van der Waals surface area contributed by atoms with Gasteiger partial charge in [-0.25, -0.2) is 4.79 Å². The molecule has 0 saturated heterocycles. The lowest BCUT2D eigenvalue weighted by molar-refractivity contribution is 0.207. The molecule has 1 aliphatic rings. The number of benzene rings is 2. The van der Waals surface area contributed by atoms with E-state index in [1.165, 1.54) is 0 Å². The van der Waals surface area contributed by atoms with Gasteiger partial charge in [0.1, 0.15) is 18.1 Å². The molecule has 1 amide bonds. The second-order valence-corrected chi connectivity index (χ2v) is 8.08. The summed E-state index contributed by atoms with van der Waals surface area (Å²) in [6.45, 7) is 6.60. The summed E-state index contributed by atoms with van der Waals surface area (Å²) in [5, 5.41) is 0. The molecule has 3 rings (SSSR count). The molecule has 158 valence electrons.